The summed E-state index contributed by atoms with van der Waals surface area (Å²) in [6.45, 7) is 5.83. The van der Waals surface area contributed by atoms with Crippen molar-refractivity contribution in [2.45, 2.75) is 27.3 Å². The van der Waals surface area contributed by atoms with Gasteiger partial charge in [-0.25, -0.2) is 4.79 Å². The minimum absolute atomic E-state index is 0.206. The Labute approximate surface area is 113 Å². The third-order valence-corrected chi connectivity index (χ3v) is 3.53. The first-order valence-electron chi connectivity index (χ1n) is 5.81. The van der Waals surface area contributed by atoms with Gasteiger partial charge in [0.1, 0.15) is 11.5 Å². The van der Waals surface area contributed by atoms with E-state index in [1.54, 1.807) is 20.8 Å². The van der Waals surface area contributed by atoms with Crippen molar-refractivity contribution in [1.82, 2.24) is 9.72 Å². The SMILES string of the molecule is CCOC(=O)c1csc(=O)n1Cc1c(C)noc1C. The van der Waals surface area contributed by atoms with Gasteiger partial charge in [0, 0.05) is 10.9 Å². The molecule has 0 spiro atoms. The quantitative estimate of drug-likeness (QED) is 0.798. The first-order chi connectivity index (χ1) is 9.04. The third kappa shape index (κ3) is 2.60. The van der Waals surface area contributed by atoms with E-state index < -0.39 is 5.97 Å². The van der Waals surface area contributed by atoms with Crippen molar-refractivity contribution in [2.75, 3.05) is 6.61 Å². The first-order valence-corrected chi connectivity index (χ1v) is 6.69. The third-order valence-electron chi connectivity index (χ3n) is 2.76. The van der Waals surface area contributed by atoms with Crippen molar-refractivity contribution < 1.29 is 14.1 Å². The Morgan fingerprint density at radius 1 is 1.53 bits per heavy atom. The fraction of sp³-hybridized carbons (Fsp3) is 0.417. The number of carbonyl (C=O) groups excluding carboxylic acids is 1. The van der Waals surface area contributed by atoms with E-state index in [2.05, 4.69) is 5.16 Å². The van der Waals surface area contributed by atoms with Gasteiger partial charge in [0.15, 0.2) is 0 Å². The average Bonchev–Trinajstić information content (AvgIpc) is 2.88. The molecule has 0 bridgehead atoms. The standard InChI is InChI=1S/C12H14N2O4S/c1-4-17-11(15)10-6-19-12(16)14(10)5-9-7(2)13-18-8(9)3/h6H,4-5H2,1-3H3. The van der Waals surface area contributed by atoms with E-state index in [0.717, 1.165) is 16.9 Å². The van der Waals surface area contributed by atoms with Crippen molar-refractivity contribution in [3.05, 3.63) is 37.8 Å². The van der Waals surface area contributed by atoms with E-state index in [1.807, 2.05) is 0 Å². The van der Waals surface area contributed by atoms with E-state index in [4.69, 9.17) is 9.26 Å². The van der Waals surface area contributed by atoms with Gasteiger partial charge in [-0.05, 0) is 20.8 Å². The van der Waals surface area contributed by atoms with Crippen LogP contribution < -0.4 is 4.87 Å². The van der Waals surface area contributed by atoms with Crippen LogP contribution in [0.15, 0.2) is 14.7 Å². The minimum Gasteiger partial charge on any atom is -0.461 e. The first kappa shape index (κ1) is 13.5. The molecule has 0 aromatic carbocycles. The molecule has 2 aromatic rings. The number of esters is 1. The summed E-state index contributed by atoms with van der Waals surface area (Å²) in [6, 6.07) is 0. The van der Waals surface area contributed by atoms with E-state index in [1.165, 1.54) is 9.95 Å². The predicted molar refractivity (Wildman–Crippen MR) is 69.6 cm³/mol. The van der Waals surface area contributed by atoms with Crippen LogP contribution in [0, 0.1) is 13.8 Å². The Bertz CT molecular complexity index is 633. The summed E-state index contributed by atoms with van der Waals surface area (Å²) in [5.41, 5.74) is 1.79. The second-order valence-corrected chi connectivity index (χ2v) is 4.82. The lowest BCUT2D eigenvalue weighted by Crippen LogP contribution is -2.21. The molecule has 2 rings (SSSR count). The number of aryl methyl sites for hydroxylation is 2. The van der Waals surface area contributed by atoms with Crippen LogP contribution in [0.3, 0.4) is 0 Å². The summed E-state index contributed by atoms with van der Waals surface area (Å²) in [7, 11) is 0. The maximum absolute atomic E-state index is 11.8. The molecule has 0 saturated heterocycles. The van der Waals surface area contributed by atoms with Crippen LogP contribution >= 0.6 is 11.3 Å². The molecular weight excluding hydrogens is 268 g/mol. The fourth-order valence-corrected chi connectivity index (χ4v) is 2.46. The van der Waals surface area contributed by atoms with Gasteiger partial charge in [0.2, 0.25) is 0 Å². The van der Waals surface area contributed by atoms with Crippen molar-refractivity contribution >= 4 is 17.3 Å². The normalized spacial score (nSPS) is 10.7. The molecule has 0 amide bonds. The summed E-state index contributed by atoms with van der Waals surface area (Å²) in [5, 5.41) is 5.35. The van der Waals surface area contributed by atoms with Crippen molar-refractivity contribution in [1.29, 1.82) is 0 Å². The zero-order chi connectivity index (χ0) is 14.0. The lowest BCUT2D eigenvalue weighted by molar-refractivity contribution is 0.0514. The van der Waals surface area contributed by atoms with Crippen molar-refractivity contribution in [3.8, 4) is 0 Å². The maximum Gasteiger partial charge on any atom is 0.355 e. The minimum atomic E-state index is -0.493. The zero-order valence-corrected chi connectivity index (χ0v) is 11.7. The molecule has 0 aliphatic heterocycles. The van der Waals surface area contributed by atoms with Crippen LogP contribution in [-0.4, -0.2) is 22.3 Å². The van der Waals surface area contributed by atoms with Gasteiger partial charge in [0.05, 0.1) is 18.8 Å². The summed E-state index contributed by atoms with van der Waals surface area (Å²) < 4.78 is 11.4. The summed E-state index contributed by atoms with van der Waals surface area (Å²) in [5.74, 6) is 0.151. The number of thiazole rings is 1. The van der Waals surface area contributed by atoms with Gasteiger partial charge >= 0.3 is 10.8 Å². The van der Waals surface area contributed by atoms with Gasteiger partial charge in [-0.2, -0.15) is 0 Å². The Hall–Kier alpha value is -1.89. The van der Waals surface area contributed by atoms with E-state index in [-0.39, 0.29) is 23.7 Å². The molecule has 19 heavy (non-hydrogen) atoms. The molecule has 0 radical (unpaired) electrons. The maximum atomic E-state index is 11.8. The number of nitrogens with zero attached hydrogens (tertiary/aromatic N) is 2. The predicted octanol–water partition coefficient (Wildman–Crippen LogP) is 1.74. The molecule has 0 aliphatic carbocycles. The molecule has 2 heterocycles. The monoisotopic (exact) mass is 282 g/mol. The molecule has 7 heteroatoms. The van der Waals surface area contributed by atoms with Crippen LogP contribution in [-0.2, 0) is 11.3 Å². The molecule has 2 aromatic heterocycles. The summed E-state index contributed by atoms with van der Waals surface area (Å²) in [6.07, 6.45) is 0. The number of hydrogen-bond donors (Lipinski definition) is 0. The highest BCUT2D eigenvalue weighted by atomic mass is 32.1. The second kappa shape index (κ2) is 5.40. The Kier molecular flexibility index (Phi) is 3.84. The number of ether oxygens (including phenoxy) is 1. The van der Waals surface area contributed by atoms with E-state index in [9.17, 15) is 9.59 Å². The average molecular weight is 282 g/mol. The molecular formula is C12H14N2O4S. The van der Waals surface area contributed by atoms with Crippen molar-refractivity contribution in [3.63, 3.8) is 0 Å². The summed E-state index contributed by atoms with van der Waals surface area (Å²) >= 11 is 0.974. The van der Waals surface area contributed by atoms with Gasteiger partial charge < -0.3 is 9.26 Å². The summed E-state index contributed by atoms with van der Waals surface area (Å²) in [4.78, 5) is 23.4. The number of aromatic nitrogens is 2. The van der Waals surface area contributed by atoms with Gasteiger partial charge in [-0.15, -0.1) is 0 Å². The second-order valence-electron chi connectivity index (χ2n) is 4.00. The van der Waals surface area contributed by atoms with Gasteiger partial charge in [-0.1, -0.05) is 16.5 Å². The van der Waals surface area contributed by atoms with Crippen LogP contribution in [0.25, 0.3) is 0 Å². The largest absolute Gasteiger partial charge is 0.461 e. The van der Waals surface area contributed by atoms with E-state index in [0.29, 0.717) is 11.5 Å². The lowest BCUT2D eigenvalue weighted by Gasteiger charge is -2.06. The molecule has 0 atom stereocenters. The Morgan fingerprint density at radius 3 is 2.84 bits per heavy atom. The van der Waals surface area contributed by atoms with Crippen molar-refractivity contribution in [2.24, 2.45) is 0 Å². The van der Waals surface area contributed by atoms with Gasteiger partial charge in [-0.3, -0.25) is 9.36 Å². The lowest BCUT2D eigenvalue weighted by atomic mass is 10.2. The number of rotatable bonds is 4. The number of carbonyl (C=O) groups is 1. The topological polar surface area (TPSA) is 74.3 Å². The Morgan fingerprint density at radius 2 is 2.26 bits per heavy atom. The highest BCUT2D eigenvalue weighted by molar-refractivity contribution is 7.07. The zero-order valence-electron chi connectivity index (χ0n) is 10.9. The molecule has 0 fully saturated rings. The molecule has 0 saturated carbocycles. The molecule has 6 nitrogen and oxygen atoms in total. The number of hydrogen-bond acceptors (Lipinski definition) is 6. The smallest absolute Gasteiger partial charge is 0.355 e. The highest BCUT2D eigenvalue weighted by Crippen LogP contribution is 2.15. The molecule has 0 N–H and O–H groups in total. The van der Waals surface area contributed by atoms with Crippen LogP contribution in [0.4, 0.5) is 0 Å². The highest BCUT2D eigenvalue weighted by Gasteiger charge is 2.18. The molecule has 0 unspecified atom stereocenters. The van der Waals surface area contributed by atoms with Crippen LogP contribution in [0.2, 0.25) is 0 Å². The van der Waals surface area contributed by atoms with E-state index >= 15 is 0 Å². The van der Waals surface area contributed by atoms with Crippen LogP contribution in [0.5, 0.6) is 0 Å². The molecule has 0 aliphatic rings. The van der Waals surface area contributed by atoms with Crippen LogP contribution in [0.1, 0.15) is 34.4 Å². The van der Waals surface area contributed by atoms with Gasteiger partial charge in [0.25, 0.3) is 0 Å². The molecule has 102 valence electrons. The fourth-order valence-electron chi connectivity index (χ4n) is 1.73. The Balaban J connectivity index is 2.38.